The summed E-state index contributed by atoms with van der Waals surface area (Å²) in [7, 11) is -4.06. The van der Waals surface area contributed by atoms with E-state index in [0.717, 1.165) is 16.4 Å². The summed E-state index contributed by atoms with van der Waals surface area (Å²) < 4.78 is 57.0. The van der Waals surface area contributed by atoms with Gasteiger partial charge in [0.1, 0.15) is 17.8 Å². The molecule has 8 nitrogen and oxygen atoms in total. The fourth-order valence-electron chi connectivity index (χ4n) is 2.79. The molecule has 0 amide bonds. The summed E-state index contributed by atoms with van der Waals surface area (Å²) >= 11 is 0. The summed E-state index contributed by atoms with van der Waals surface area (Å²) in [4.78, 5) is 23.2. The summed E-state index contributed by atoms with van der Waals surface area (Å²) in [6.07, 6.45) is 3.87. The van der Waals surface area contributed by atoms with Gasteiger partial charge in [-0.3, -0.25) is 9.52 Å². The van der Waals surface area contributed by atoms with E-state index in [-0.39, 0.29) is 18.7 Å². The van der Waals surface area contributed by atoms with Crippen LogP contribution in [0.5, 0.6) is 0 Å². The Balaban J connectivity index is 2.05. The van der Waals surface area contributed by atoms with Crippen LogP contribution < -0.4 is 4.72 Å². The Morgan fingerprint density at radius 3 is 2.64 bits per heavy atom. The first-order chi connectivity index (χ1) is 13.3. The Kier molecular flexibility index (Phi) is 5.38. The SMILES string of the molecule is CCN(CC)S(=O)(=O)Nc1ccc(F)c(C(=O)c2c[nH]c3ncncc23)c1F. The van der Waals surface area contributed by atoms with E-state index in [2.05, 4.69) is 19.7 Å². The molecule has 2 N–H and O–H groups in total. The molecule has 0 fully saturated rings. The first-order valence-corrected chi connectivity index (χ1v) is 9.81. The lowest BCUT2D eigenvalue weighted by atomic mass is 10.0. The summed E-state index contributed by atoms with van der Waals surface area (Å²) in [6.45, 7) is 3.57. The summed E-state index contributed by atoms with van der Waals surface area (Å²) in [6, 6.07) is 1.77. The quantitative estimate of drug-likeness (QED) is 0.583. The molecular formula is C17H17F2N5O3S. The van der Waals surface area contributed by atoms with Crippen LogP contribution in [0.1, 0.15) is 29.8 Å². The van der Waals surface area contributed by atoms with Crippen molar-refractivity contribution in [3.05, 3.63) is 53.6 Å². The van der Waals surface area contributed by atoms with Crippen molar-refractivity contribution in [2.45, 2.75) is 13.8 Å². The number of rotatable bonds is 7. The standard InChI is InChI=1S/C17H17F2N5O3S/c1-3-24(4-2)28(26,27)23-13-6-5-12(18)14(15(13)19)16(25)10-8-21-17-11(10)7-20-9-22-17/h5-9,23H,3-4H2,1-2H3,(H,20,21,22). The smallest absolute Gasteiger partial charge is 0.301 e. The molecule has 0 aliphatic carbocycles. The molecule has 2 aromatic heterocycles. The van der Waals surface area contributed by atoms with E-state index in [0.29, 0.717) is 11.0 Å². The fourth-order valence-corrected chi connectivity index (χ4v) is 4.03. The highest BCUT2D eigenvalue weighted by Crippen LogP contribution is 2.27. The molecule has 0 unspecified atom stereocenters. The third-order valence-electron chi connectivity index (χ3n) is 4.20. The second kappa shape index (κ2) is 7.60. The highest BCUT2D eigenvalue weighted by atomic mass is 32.2. The zero-order valence-electron chi connectivity index (χ0n) is 15.0. The van der Waals surface area contributed by atoms with Crippen LogP contribution in [0.3, 0.4) is 0 Å². The van der Waals surface area contributed by atoms with Gasteiger partial charge in [-0.05, 0) is 12.1 Å². The number of anilines is 1. The van der Waals surface area contributed by atoms with Crippen molar-refractivity contribution in [1.29, 1.82) is 0 Å². The highest BCUT2D eigenvalue weighted by Gasteiger charge is 2.27. The average molecular weight is 409 g/mol. The second-order valence-corrected chi connectivity index (χ2v) is 7.46. The second-order valence-electron chi connectivity index (χ2n) is 5.79. The summed E-state index contributed by atoms with van der Waals surface area (Å²) in [5.41, 5.74) is -1.09. The van der Waals surface area contributed by atoms with E-state index in [1.165, 1.54) is 18.7 Å². The lowest BCUT2D eigenvalue weighted by Gasteiger charge is -2.20. The van der Waals surface area contributed by atoms with Crippen molar-refractivity contribution < 1.29 is 22.0 Å². The van der Waals surface area contributed by atoms with Gasteiger partial charge in [-0.25, -0.2) is 18.7 Å². The van der Waals surface area contributed by atoms with E-state index in [1.54, 1.807) is 13.8 Å². The maximum absolute atomic E-state index is 14.9. The van der Waals surface area contributed by atoms with Crippen molar-refractivity contribution in [3.63, 3.8) is 0 Å². The number of carbonyl (C=O) groups is 1. The molecule has 0 atom stereocenters. The Labute approximate surface area is 159 Å². The molecule has 0 aliphatic heterocycles. The molecule has 1 aromatic carbocycles. The number of halogens is 2. The fraction of sp³-hybridized carbons (Fsp3) is 0.235. The lowest BCUT2D eigenvalue weighted by Crippen LogP contribution is -2.35. The van der Waals surface area contributed by atoms with Crippen molar-refractivity contribution in [2.75, 3.05) is 17.8 Å². The molecule has 0 saturated heterocycles. The number of ketones is 1. The molecule has 3 aromatic rings. The number of carbonyl (C=O) groups excluding carboxylic acids is 1. The number of hydrogen-bond acceptors (Lipinski definition) is 5. The third kappa shape index (κ3) is 3.45. The number of nitrogens with one attached hydrogen (secondary N) is 2. The van der Waals surface area contributed by atoms with Gasteiger partial charge in [-0.1, -0.05) is 13.8 Å². The van der Waals surface area contributed by atoms with Gasteiger partial charge in [0.15, 0.2) is 5.82 Å². The van der Waals surface area contributed by atoms with Crippen LogP contribution in [0.15, 0.2) is 30.9 Å². The number of nitrogens with zero attached hydrogens (tertiary/aromatic N) is 3. The summed E-state index contributed by atoms with van der Waals surface area (Å²) in [5, 5.41) is 0.292. The Morgan fingerprint density at radius 2 is 1.96 bits per heavy atom. The van der Waals surface area contributed by atoms with E-state index in [1.807, 2.05) is 0 Å². The molecule has 11 heteroatoms. The van der Waals surface area contributed by atoms with Crippen molar-refractivity contribution in [3.8, 4) is 0 Å². The van der Waals surface area contributed by atoms with E-state index < -0.39 is 38.9 Å². The van der Waals surface area contributed by atoms with Crippen LogP contribution >= 0.6 is 0 Å². The Hall–Kier alpha value is -2.92. The molecule has 3 rings (SSSR count). The Morgan fingerprint density at radius 1 is 1.25 bits per heavy atom. The van der Waals surface area contributed by atoms with Crippen molar-refractivity contribution >= 4 is 32.7 Å². The molecule has 0 bridgehead atoms. The topological polar surface area (TPSA) is 108 Å². The van der Waals surface area contributed by atoms with Crippen LogP contribution in [0.25, 0.3) is 11.0 Å². The molecule has 2 heterocycles. The van der Waals surface area contributed by atoms with E-state index in [9.17, 15) is 22.0 Å². The zero-order chi connectivity index (χ0) is 20.5. The van der Waals surface area contributed by atoms with E-state index in [4.69, 9.17) is 0 Å². The predicted molar refractivity (Wildman–Crippen MR) is 99.1 cm³/mol. The zero-order valence-corrected chi connectivity index (χ0v) is 15.8. The van der Waals surface area contributed by atoms with E-state index >= 15 is 0 Å². The van der Waals surface area contributed by atoms with Crippen LogP contribution in [0.2, 0.25) is 0 Å². The maximum Gasteiger partial charge on any atom is 0.301 e. The van der Waals surface area contributed by atoms with Gasteiger partial charge in [0.2, 0.25) is 5.78 Å². The highest BCUT2D eigenvalue weighted by molar-refractivity contribution is 7.90. The number of aromatic nitrogens is 3. The number of H-pyrrole nitrogens is 1. The first kappa shape index (κ1) is 19.8. The minimum Gasteiger partial charge on any atom is -0.345 e. The number of benzene rings is 1. The predicted octanol–water partition coefficient (Wildman–Crippen LogP) is 2.47. The van der Waals surface area contributed by atoms with Crippen LogP contribution in [-0.2, 0) is 10.2 Å². The first-order valence-electron chi connectivity index (χ1n) is 8.37. The largest absolute Gasteiger partial charge is 0.345 e. The molecule has 0 aliphatic rings. The van der Waals surface area contributed by atoms with Gasteiger partial charge >= 0.3 is 10.2 Å². The van der Waals surface area contributed by atoms with Gasteiger partial charge < -0.3 is 4.98 Å². The average Bonchev–Trinajstić information content (AvgIpc) is 3.09. The monoisotopic (exact) mass is 409 g/mol. The van der Waals surface area contributed by atoms with Crippen LogP contribution in [-0.4, -0.2) is 46.5 Å². The van der Waals surface area contributed by atoms with Crippen LogP contribution in [0, 0.1) is 11.6 Å². The Bertz CT molecular complexity index is 1140. The van der Waals surface area contributed by atoms with Gasteiger partial charge in [0.25, 0.3) is 0 Å². The molecule has 0 radical (unpaired) electrons. The normalized spacial score (nSPS) is 11.9. The van der Waals surface area contributed by atoms with Gasteiger partial charge in [-0.15, -0.1) is 0 Å². The minimum atomic E-state index is -4.06. The molecule has 148 valence electrons. The molecule has 28 heavy (non-hydrogen) atoms. The van der Waals surface area contributed by atoms with Gasteiger partial charge in [-0.2, -0.15) is 12.7 Å². The number of aromatic amines is 1. The lowest BCUT2D eigenvalue weighted by molar-refractivity contribution is 0.103. The van der Waals surface area contributed by atoms with Crippen LogP contribution in [0.4, 0.5) is 14.5 Å². The molecular weight excluding hydrogens is 392 g/mol. The van der Waals surface area contributed by atoms with Crippen molar-refractivity contribution in [2.24, 2.45) is 0 Å². The van der Waals surface area contributed by atoms with Gasteiger partial charge in [0.05, 0.1) is 16.8 Å². The number of hydrogen-bond donors (Lipinski definition) is 2. The third-order valence-corrected chi connectivity index (χ3v) is 5.88. The maximum atomic E-state index is 14.9. The molecule has 0 saturated carbocycles. The minimum absolute atomic E-state index is 0.0304. The molecule has 0 spiro atoms. The number of fused-ring (bicyclic) bond motifs is 1. The summed E-state index contributed by atoms with van der Waals surface area (Å²) in [5.74, 6) is -3.37. The van der Waals surface area contributed by atoms with Gasteiger partial charge in [0, 0.05) is 30.9 Å². The van der Waals surface area contributed by atoms with Crippen molar-refractivity contribution in [1.82, 2.24) is 19.3 Å².